The van der Waals surface area contributed by atoms with Gasteiger partial charge in [0.25, 0.3) is 0 Å². The number of thiophene rings is 1. The van der Waals surface area contributed by atoms with Gasteiger partial charge in [-0.15, -0.1) is 0 Å². The Bertz CT molecular complexity index is 448. The first kappa shape index (κ1) is 13.1. The zero-order valence-electron chi connectivity index (χ0n) is 11.1. The summed E-state index contributed by atoms with van der Waals surface area (Å²) in [6.07, 6.45) is 2.54. The molecule has 104 valence electrons. The second-order valence-electron chi connectivity index (χ2n) is 5.43. The van der Waals surface area contributed by atoms with Crippen LogP contribution in [-0.4, -0.2) is 49.3 Å². The lowest BCUT2D eigenvalue weighted by atomic mass is 9.98. The smallest absolute Gasteiger partial charge is 0.227 e. The highest BCUT2D eigenvalue weighted by molar-refractivity contribution is 7.07. The molecule has 0 N–H and O–H groups in total. The van der Waals surface area contributed by atoms with E-state index in [9.17, 15) is 4.79 Å². The minimum Gasteiger partial charge on any atom is -0.379 e. The number of hydrogen-bond acceptors (Lipinski definition) is 4. The minimum atomic E-state index is -0.148. The van der Waals surface area contributed by atoms with Crippen molar-refractivity contribution in [3.05, 3.63) is 22.4 Å². The molecule has 2 atom stereocenters. The SMILES string of the molecule is CO[C@H]1CO[C@@]2(CCN(C(=O)Cc3ccsc3)C2)C1. The lowest BCUT2D eigenvalue weighted by molar-refractivity contribution is -0.130. The normalized spacial score (nSPS) is 30.4. The van der Waals surface area contributed by atoms with Crippen molar-refractivity contribution in [1.82, 2.24) is 4.90 Å². The summed E-state index contributed by atoms with van der Waals surface area (Å²) in [4.78, 5) is 14.2. The molecule has 0 radical (unpaired) electrons. The predicted octanol–water partition coefficient (Wildman–Crippen LogP) is 1.70. The summed E-state index contributed by atoms with van der Waals surface area (Å²) >= 11 is 1.63. The summed E-state index contributed by atoms with van der Waals surface area (Å²) in [5.74, 6) is 0.208. The zero-order chi connectivity index (χ0) is 13.3. The van der Waals surface area contributed by atoms with Gasteiger partial charge in [-0.1, -0.05) is 0 Å². The number of carbonyl (C=O) groups excluding carboxylic acids is 1. The van der Waals surface area contributed by atoms with Crippen molar-refractivity contribution in [2.75, 3.05) is 26.8 Å². The maximum Gasteiger partial charge on any atom is 0.227 e. The third kappa shape index (κ3) is 2.68. The van der Waals surface area contributed by atoms with Gasteiger partial charge in [-0.05, 0) is 28.8 Å². The average molecular weight is 281 g/mol. The van der Waals surface area contributed by atoms with E-state index in [1.165, 1.54) is 0 Å². The van der Waals surface area contributed by atoms with Crippen LogP contribution in [0.5, 0.6) is 0 Å². The molecule has 5 heteroatoms. The molecule has 1 spiro atoms. The summed E-state index contributed by atoms with van der Waals surface area (Å²) in [5, 5.41) is 4.05. The van der Waals surface area contributed by atoms with Crippen LogP contribution in [0.25, 0.3) is 0 Å². The topological polar surface area (TPSA) is 38.8 Å². The highest BCUT2D eigenvalue weighted by atomic mass is 32.1. The summed E-state index contributed by atoms with van der Waals surface area (Å²) in [6, 6.07) is 2.02. The van der Waals surface area contributed by atoms with Gasteiger partial charge in [0.1, 0.15) is 0 Å². The number of carbonyl (C=O) groups is 1. The molecule has 2 aliphatic rings. The number of likely N-dealkylation sites (tertiary alicyclic amines) is 1. The number of methoxy groups -OCH3 is 1. The number of ether oxygens (including phenoxy) is 2. The van der Waals surface area contributed by atoms with Crippen LogP contribution >= 0.6 is 11.3 Å². The van der Waals surface area contributed by atoms with Crippen LogP contribution in [0, 0.1) is 0 Å². The zero-order valence-corrected chi connectivity index (χ0v) is 11.9. The Morgan fingerprint density at radius 2 is 2.58 bits per heavy atom. The van der Waals surface area contributed by atoms with Crippen molar-refractivity contribution < 1.29 is 14.3 Å². The molecule has 1 amide bonds. The molecule has 1 aromatic heterocycles. The molecule has 2 aliphatic heterocycles. The third-order valence-electron chi connectivity index (χ3n) is 4.11. The van der Waals surface area contributed by atoms with Crippen LogP contribution in [0.3, 0.4) is 0 Å². The summed E-state index contributed by atoms with van der Waals surface area (Å²) in [7, 11) is 1.72. The number of rotatable bonds is 3. The number of nitrogens with zero attached hydrogens (tertiary/aromatic N) is 1. The molecule has 1 aromatic rings. The number of amides is 1. The van der Waals surface area contributed by atoms with E-state index in [4.69, 9.17) is 9.47 Å². The molecule has 0 saturated carbocycles. The molecule has 0 bridgehead atoms. The minimum absolute atomic E-state index is 0.148. The highest BCUT2D eigenvalue weighted by Crippen LogP contribution is 2.36. The predicted molar refractivity (Wildman–Crippen MR) is 73.3 cm³/mol. The summed E-state index contributed by atoms with van der Waals surface area (Å²) in [6.45, 7) is 2.18. The van der Waals surface area contributed by atoms with E-state index in [0.717, 1.165) is 31.5 Å². The molecular weight excluding hydrogens is 262 g/mol. The summed E-state index contributed by atoms with van der Waals surface area (Å²) < 4.78 is 11.3. The lowest BCUT2D eigenvalue weighted by Crippen LogP contribution is -2.36. The molecule has 3 heterocycles. The molecule has 0 unspecified atom stereocenters. The molecule has 3 rings (SSSR count). The largest absolute Gasteiger partial charge is 0.379 e. The molecule has 2 fully saturated rings. The van der Waals surface area contributed by atoms with Gasteiger partial charge in [-0.2, -0.15) is 11.3 Å². The Morgan fingerprint density at radius 3 is 3.26 bits per heavy atom. The first-order valence-electron chi connectivity index (χ1n) is 6.66. The Balaban J connectivity index is 1.58. The van der Waals surface area contributed by atoms with Crippen molar-refractivity contribution in [3.63, 3.8) is 0 Å². The Hall–Kier alpha value is -0.910. The van der Waals surface area contributed by atoms with Gasteiger partial charge in [-0.3, -0.25) is 4.79 Å². The average Bonchev–Trinajstić information content (AvgIpc) is 3.12. The standard InChI is InChI=1S/C14H19NO3S/c1-17-12-7-14(18-8-12)3-4-15(10-14)13(16)6-11-2-5-19-9-11/h2,5,9,12H,3-4,6-8,10H2,1H3/t12-,14+/m1/s1. The molecule has 0 aliphatic carbocycles. The molecular formula is C14H19NO3S. The van der Waals surface area contributed by atoms with Crippen molar-refractivity contribution in [1.29, 1.82) is 0 Å². The van der Waals surface area contributed by atoms with E-state index in [2.05, 4.69) is 0 Å². The van der Waals surface area contributed by atoms with Crippen molar-refractivity contribution in [2.45, 2.75) is 31.0 Å². The van der Waals surface area contributed by atoms with Crippen LogP contribution in [0.4, 0.5) is 0 Å². The van der Waals surface area contributed by atoms with E-state index in [0.29, 0.717) is 13.0 Å². The van der Waals surface area contributed by atoms with Gasteiger partial charge in [0.15, 0.2) is 0 Å². The molecule has 2 saturated heterocycles. The Kier molecular flexibility index (Phi) is 3.60. The van der Waals surface area contributed by atoms with Crippen molar-refractivity contribution in [3.8, 4) is 0 Å². The third-order valence-corrected chi connectivity index (χ3v) is 4.84. The fourth-order valence-electron chi connectivity index (χ4n) is 2.98. The van der Waals surface area contributed by atoms with Crippen molar-refractivity contribution in [2.24, 2.45) is 0 Å². The quantitative estimate of drug-likeness (QED) is 0.846. The second-order valence-corrected chi connectivity index (χ2v) is 6.21. The number of hydrogen-bond donors (Lipinski definition) is 0. The van der Waals surface area contributed by atoms with Crippen LogP contribution < -0.4 is 0 Å². The Morgan fingerprint density at radius 1 is 1.68 bits per heavy atom. The van der Waals surface area contributed by atoms with E-state index in [1.54, 1.807) is 18.4 Å². The lowest BCUT2D eigenvalue weighted by Gasteiger charge is -2.23. The highest BCUT2D eigenvalue weighted by Gasteiger charge is 2.46. The van der Waals surface area contributed by atoms with Gasteiger partial charge in [0.05, 0.1) is 24.7 Å². The van der Waals surface area contributed by atoms with Gasteiger partial charge in [0, 0.05) is 26.6 Å². The van der Waals surface area contributed by atoms with E-state index in [1.807, 2.05) is 21.7 Å². The first-order valence-corrected chi connectivity index (χ1v) is 7.61. The maximum absolute atomic E-state index is 12.2. The van der Waals surface area contributed by atoms with Crippen LogP contribution in [0.2, 0.25) is 0 Å². The Labute approximate surface area is 117 Å². The fourth-order valence-corrected chi connectivity index (χ4v) is 3.64. The van der Waals surface area contributed by atoms with E-state index in [-0.39, 0.29) is 17.6 Å². The van der Waals surface area contributed by atoms with E-state index < -0.39 is 0 Å². The fraction of sp³-hybridized carbons (Fsp3) is 0.643. The first-order chi connectivity index (χ1) is 9.21. The van der Waals surface area contributed by atoms with Crippen molar-refractivity contribution >= 4 is 17.2 Å². The molecule has 4 nitrogen and oxygen atoms in total. The van der Waals surface area contributed by atoms with Crippen LogP contribution in [0.1, 0.15) is 18.4 Å². The monoisotopic (exact) mass is 281 g/mol. The van der Waals surface area contributed by atoms with Gasteiger partial charge >= 0.3 is 0 Å². The molecule has 19 heavy (non-hydrogen) atoms. The maximum atomic E-state index is 12.2. The van der Waals surface area contributed by atoms with E-state index >= 15 is 0 Å². The molecule has 0 aromatic carbocycles. The second kappa shape index (κ2) is 5.23. The van der Waals surface area contributed by atoms with Crippen LogP contribution in [-0.2, 0) is 20.7 Å². The van der Waals surface area contributed by atoms with Gasteiger partial charge < -0.3 is 14.4 Å². The van der Waals surface area contributed by atoms with Gasteiger partial charge in [-0.25, -0.2) is 0 Å². The summed E-state index contributed by atoms with van der Waals surface area (Å²) in [5.41, 5.74) is 0.961. The van der Waals surface area contributed by atoms with Gasteiger partial charge in [0.2, 0.25) is 5.91 Å². The van der Waals surface area contributed by atoms with Crippen LogP contribution in [0.15, 0.2) is 16.8 Å².